The van der Waals surface area contributed by atoms with Crippen molar-refractivity contribution in [1.29, 1.82) is 0 Å². The van der Waals surface area contributed by atoms with Crippen LogP contribution in [0.25, 0.3) is 21.3 Å². The van der Waals surface area contributed by atoms with E-state index in [1.54, 1.807) is 11.3 Å². The van der Waals surface area contributed by atoms with Crippen molar-refractivity contribution >= 4 is 27.2 Å². The largest absolute Gasteiger partial charge is 0.370 e. The molecule has 1 N–H and O–H groups in total. The van der Waals surface area contributed by atoms with E-state index in [0.29, 0.717) is 0 Å². The maximum atomic E-state index is 4.69. The van der Waals surface area contributed by atoms with E-state index < -0.39 is 0 Å². The van der Waals surface area contributed by atoms with Crippen molar-refractivity contribution in [3.63, 3.8) is 0 Å². The molecule has 1 aromatic carbocycles. The van der Waals surface area contributed by atoms with Gasteiger partial charge in [0.05, 0.1) is 5.69 Å². The van der Waals surface area contributed by atoms with E-state index in [1.165, 1.54) is 15.6 Å². The third-order valence-electron chi connectivity index (χ3n) is 3.20. The molecule has 0 amide bonds. The molecular weight excluding hydrogens is 266 g/mol. The third kappa shape index (κ3) is 2.39. The highest BCUT2D eigenvalue weighted by molar-refractivity contribution is 7.17. The summed E-state index contributed by atoms with van der Waals surface area (Å²) in [6.45, 7) is 5.02. The number of anilines is 1. The number of nitrogens with one attached hydrogen (secondary N) is 1. The summed E-state index contributed by atoms with van der Waals surface area (Å²) in [5.74, 6) is 1.79. The SMILES string of the molecule is CCNc1cc(-c2cccc3ccsc23)nc(CC)n1. The van der Waals surface area contributed by atoms with Crippen molar-refractivity contribution in [2.45, 2.75) is 20.3 Å². The Labute approximate surface area is 122 Å². The van der Waals surface area contributed by atoms with Crippen LogP contribution >= 0.6 is 11.3 Å². The lowest BCUT2D eigenvalue weighted by Crippen LogP contribution is -2.04. The maximum Gasteiger partial charge on any atom is 0.131 e. The van der Waals surface area contributed by atoms with Gasteiger partial charge in [0.25, 0.3) is 0 Å². The predicted octanol–water partition coefficient (Wildman–Crippen LogP) is 4.35. The molecule has 2 aromatic heterocycles. The van der Waals surface area contributed by atoms with Crippen LogP contribution in [0.1, 0.15) is 19.7 Å². The molecule has 0 saturated carbocycles. The molecular formula is C16H17N3S. The lowest BCUT2D eigenvalue weighted by atomic mass is 10.1. The van der Waals surface area contributed by atoms with Crippen molar-refractivity contribution < 1.29 is 0 Å². The van der Waals surface area contributed by atoms with Crippen LogP contribution in [0.2, 0.25) is 0 Å². The van der Waals surface area contributed by atoms with E-state index in [2.05, 4.69) is 58.8 Å². The molecule has 0 bridgehead atoms. The summed E-state index contributed by atoms with van der Waals surface area (Å²) in [6, 6.07) is 10.6. The van der Waals surface area contributed by atoms with Gasteiger partial charge in [0, 0.05) is 29.3 Å². The Hall–Kier alpha value is -1.94. The van der Waals surface area contributed by atoms with Crippen LogP contribution in [0.15, 0.2) is 35.7 Å². The lowest BCUT2D eigenvalue weighted by molar-refractivity contribution is 0.940. The number of benzene rings is 1. The van der Waals surface area contributed by atoms with Gasteiger partial charge in [-0.15, -0.1) is 11.3 Å². The number of thiophene rings is 1. The number of aryl methyl sites for hydroxylation is 1. The smallest absolute Gasteiger partial charge is 0.131 e. The second-order valence-corrected chi connectivity index (χ2v) is 5.50. The normalized spacial score (nSPS) is 10.9. The van der Waals surface area contributed by atoms with E-state index in [0.717, 1.165) is 30.3 Å². The van der Waals surface area contributed by atoms with E-state index in [4.69, 9.17) is 0 Å². The van der Waals surface area contributed by atoms with Gasteiger partial charge >= 0.3 is 0 Å². The fraction of sp³-hybridized carbons (Fsp3) is 0.250. The molecule has 0 aliphatic rings. The van der Waals surface area contributed by atoms with Crippen molar-refractivity contribution in [2.75, 3.05) is 11.9 Å². The van der Waals surface area contributed by atoms with E-state index in [-0.39, 0.29) is 0 Å². The van der Waals surface area contributed by atoms with Crippen molar-refractivity contribution in [2.24, 2.45) is 0 Å². The molecule has 4 heteroatoms. The second-order valence-electron chi connectivity index (χ2n) is 4.58. The van der Waals surface area contributed by atoms with Crippen LogP contribution in [0.4, 0.5) is 5.82 Å². The highest BCUT2D eigenvalue weighted by atomic mass is 32.1. The fourth-order valence-corrected chi connectivity index (χ4v) is 3.18. The van der Waals surface area contributed by atoms with E-state index >= 15 is 0 Å². The molecule has 0 radical (unpaired) electrons. The summed E-state index contributed by atoms with van der Waals surface area (Å²) in [7, 11) is 0. The summed E-state index contributed by atoms with van der Waals surface area (Å²) in [4.78, 5) is 9.21. The molecule has 0 spiro atoms. The molecule has 0 aliphatic heterocycles. The molecule has 3 rings (SSSR count). The quantitative estimate of drug-likeness (QED) is 0.773. The van der Waals surface area contributed by atoms with Crippen molar-refractivity contribution in [1.82, 2.24) is 9.97 Å². The predicted molar refractivity (Wildman–Crippen MR) is 86.4 cm³/mol. The Balaban J connectivity index is 2.17. The summed E-state index contributed by atoms with van der Waals surface area (Å²) >= 11 is 1.76. The summed E-state index contributed by atoms with van der Waals surface area (Å²) < 4.78 is 1.29. The zero-order chi connectivity index (χ0) is 13.9. The van der Waals surface area contributed by atoms with Crippen LogP contribution < -0.4 is 5.32 Å². The fourth-order valence-electron chi connectivity index (χ4n) is 2.26. The molecule has 0 aliphatic carbocycles. The zero-order valence-electron chi connectivity index (χ0n) is 11.7. The van der Waals surface area contributed by atoms with Gasteiger partial charge in [-0.1, -0.05) is 25.1 Å². The first-order chi connectivity index (χ1) is 9.81. The Bertz CT molecular complexity index is 733. The van der Waals surface area contributed by atoms with Gasteiger partial charge in [-0.05, 0) is 23.8 Å². The summed E-state index contributed by atoms with van der Waals surface area (Å²) in [5, 5.41) is 6.69. The van der Waals surface area contributed by atoms with Gasteiger partial charge in [-0.3, -0.25) is 0 Å². The molecule has 0 fully saturated rings. The first-order valence-electron chi connectivity index (χ1n) is 6.90. The number of hydrogen-bond acceptors (Lipinski definition) is 4. The average molecular weight is 283 g/mol. The molecule has 0 unspecified atom stereocenters. The summed E-state index contributed by atoms with van der Waals surface area (Å²) in [6.07, 6.45) is 0.840. The molecule has 3 aromatic rings. The minimum absolute atomic E-state index is 0.840. The Morgan fingerprint density at radius 2 is 2.05 bits per heavy atom. The van der Waals surface area contributed by atoms with Gasteiger partial charge < -0.3 is 5.32 Å². The molecule has 102 valence electrons. The van der Waals surface area contributed by atoms with Crippen LogP contribution in [0.5, 0.6) is 0 Å². The van der Waals surface area contributed by atoms with Gasteiger partial charge in [0.1, 0.15) is 11.6 Å². The molecule has 3 nitrogen and oxygen atoms in total. The molecule has 0 atom stereocenters. The van der Waals surface area contributed by atoms with Crippen LogP contribution in [0.3, 0.4) is 0 Å². The monoisotopic (exact) mass is 283 g/mol. The minimum Gasteiger partial charge on any atom is -0.370 e. The highest BCUT2D eigenvalue weighted by Crippen LogP contribution is 2.32. The average Bonchev–Trinajstić information content (AvgIpc) is 2.95. The van der Waals surface area contributed by atoms with Crippen LogP contribution in [0, 0.1) is 0 Å². The van der Waals surface area contributed by atoms with Crippen LogP contribution in [-0.4, -0.2) is 16.5 Å². The van der Waals surface area contributed by atoms with Crippen molar-refractivity contribution in [3.8, 4) is 11.3 Å². The number of hydrogen-bond donors (Lipinski definition) is 1. The summed E-state index contributed by atoms with van der Waals surface area (Å²) in [5.41, 5.74) is 2.19. The number of fused-ring (bicyclic) bond motifs is 1. The molecule has 20 heavy (non-hydrogen) atoms. The molecule has 2 heterocycles. The molecule has 0 saturated heterocycles. The van der Waals surface area contributed by atoms with E-state index in [1.807, 2.05) is 6.07 Å². The Morgan fingerprint density at radius 1 is 1.15 bits per heavy atom. The number of nitrogens with zero attached hydrogens (tertiary/aromatic N) is 2. The van der Waals surface area contributed by atoms with E-state index in [9.17, 15) is 0 Å². The maximum absolute atomic E-state index is 4.69. The zero-order valence-corrected chi connectivity index (χ0v) is 12.5. The van der Waals surface area contributed by atoms with Gasteiger partial charge in [0.2, 0.25) is 0 Å². The topological polar surface area (TPSA) is 37.8 Å². The minimum atomic E-state index is 0.840. The van der Waals surface area contributed by atoms with Crippen molar-refractivity contribution in [3.05, 3.63) is 41.5 Å². The second kappa shape index (κ2) is 5.59. The standard InChI is InChI=1S/C16H17N3S/c1-3-14-18-13(10-15(19-14)17-4-2)12-7-5-6-11-8-9-20-16(11)12/h5-10H,3-4H2,1-2H3,(H,17,18,19). The Kier molecular flexibility index (Phi) is 3.65. The van der Waals surface area contributed by atoms with Gasteiger partial charge in [0.15, 0.2) is 0 Å². The first-order valence-corrected chi connectivity index (χ1v) is 7.78. The van der Waals surface area contributed by atoms with Gasteiger partial charge in [-0.25, -0.2) is 9.97 Å². The lowest BCUT2D eigenvalue weighted by Gasteiger charge is -2.09. The Morgan fingerprint density at radius 3 is 2.85 bits per heavy atom. The first kappa shape index (κ1) is 13.1. The number of rotatable bonds is 4. The number of aromatic nitrogens is 2. The third-order valence-corrected chi connectivity index (χ3v) is 4.16. The van der Waals surface area contributed by atoms with Gasteiger partial charge in [-0.2, -0.15) is 0 Å². The highest BCUT2D eigenvalue weighted by Gasteiger charge is 2.09. The van der Waals surface area contributed by atoms with Crippen LogP contribution in [-0.2, 0) is 6.42 Å².